The van der Waals surface area contributed by atoms with E-state index in [1.54, 1.807) is 20.8 Å². The molecular weight excluding hydrogens is 348 g/mol. The summed E-state index contributed by atoms with van der Waals surface area (Å²) in [5.74, 6) is -2.14. The highest BCUT2D eigenvalue weighted by atomic mass is 16.6. The maximum Gasteiger partial charge on any atom is 0.408 e. The Bertz CT molecular complexity index is 723. The second kappa shape index (κ2) is 8.28. The fourth-order valence-corrected chi connectivity index (χ4v) is 2.04. The minimum atomic E-state index is -1.49. The summed E-state index contributed by atoms with van der Waals surface area (Å²) in [6.07, 6.45) is -1.40. The van der Waals surface area contributed by atoms with Crippen molar-refractivity contribution in [3.63, 3.8) is 0 Å². The van der Waals surface area contributed by atoms with Crippen LogP contribution >= 0.6 is 0 Å². The normalized spacial score (nSPS) is 12.0. The van der Waals surface area contributed by atoms with E-state index in [2.05, 4.69) is 10.1 Å². The zero-order chi connectivity index (χ0) is 20.1. The average molecular weight is 368 g/mol. The summed E-state index contributed by atoms with van der Waals surface area (Å²) in [5.41, 5.74) is -1.24. The van der Waals surface area contributed by atoms with E-state index in [4.69, 9.17) is 4.74 Å². The number of nitro groups is 1. The van der Waals surface area contributed by atoms with Gasteiger partial charge < -0.3 is 19.9 Å². The molecule has 0 radical (unpaired) electrons. The SMILES string of the molecule is COC(=O)c1ccc([N+](=O)[O-])c(CC(NC(=O)OC(C)(C)C)C(=O)O)c1. The Balaban J connectivity index is 3.13. The van der Waals surface area contributed by atoms with Gasteiger partial charge in [0.2, 0.25) is 0 Å². The van der Waals surface area contributed by atoms with Gasteiger partial charge in [-0.1, -0.05) is 0 Å². The highest BCUT2D eigenvalue weighted by Gasteiger charge is 2.27. The molecule has 0 saturated carbocycles. The monoisotopic (exact) mass is 368 g/mol. The highest BCUT2D eigenvalue weighted by Crippen LogP contribution is 2.22. The molecule has 0 aromatic heterocycles. The van der Waals surface area contributed by atoms with Crippen LogP contribution in [0.1, 0.15) is 36.7 Å². The molecular formula is C16H20N2O8. The molecule has 26 heavy (non-hydrogen) atoms. The van der Waals surface area contributed by atoms with E-state index in [0.717, 1.165) is 19.2 Å². The first-order chi connectivity index (χ1) is 11.9. The molecule has 0 bridgehead atoms. The van der Waals surface area contributed by atoms with Crippen LogP contribution in [0.5, 0.6) is 0 Å². The molecule has 10 heteroatoms. The topological polar surface area (TPSA) is 145 Å². The van der Waals surface area contributed by atoms with Gasteiger partial charge in [-0.25, -0.2) is 14.4 Å². The van der Waals surface area contributed by atoms with Crippen LogP contribution in [0.15, 0.2) is 18.2 Å². The average Bonchev–Trinajstić information content (AvgIpc) is 2.51. The van der Waals surface area contributed by atoms with Crippen LogP contribution in [-0.2, 0) is 20.7 Å². The smallest absolute Gasteiger partial charge is 0.408 e. The van der Waals surface area contributed by atoms with Crippen molar-refractivity contribution >= 4 is 23.7 Å². The van der Waals surface area contributed by atoms with Crippen molar-refractivity contribution in [2.45, 2.75) is 38.8 Å². The summed E-state index contributed by atoms with van der Waals surface area (Å²) < 4.78 is 9.54. The molecule has 0 aliphatic heterocycles. The Morgan fingerprint density at radius 2 is 1.92 bits per heavy atom. The molecule has 0 heterocycles. The van der Waals surface area contributed by atoms with Crippen LogP contribution in [0.25, 0.3) is 0 Å². The van der Waals surface area contributed by atoms with Crippen LogP contribution in [0.4, 0.5) is 10.5 Å². The number of carboxylic acid groups (broad SMARTS) is 1. The van der Waals surface area contributed by atoms with Gasteiger partial charge in [0.1, 0.15) is 11.6 Å². The van der Waals surface area contributed by atoms with Gasteiger partial charge in [0, 0.05) is 18.1 Å². The third-order valence-electron chi connectivity index (χ3n) is 3.11. The molecule has 1 rings (SSSR count). The van der Waals surface area contributed by atoms with Crippen LogP contribution in [0, 0.1) is 10.1 Å². The summed E-state index contributed by atoms with van der Waals surface area (Å²) >= 11 is 0. The summed E-state index contributed by atoms with van der Waals surface area (Å²) in [7, 11) is 1.15. The Morgan fingerprint density at radius 3 is 2.38 bits per heavy atom. The summed E-state index contributed by atoms with van der Waals surface area (Å²) in [5, 5.41) is 22.6. The number of ether oxygens (including phenoxy) is 2. The third-order valence-corrected chi connectivity index (χ3v) is 3.11. The molecule has 142 valence electrons. The third kappa shape index (κ3) is 6.04. The summed E-state index contributed by atoms with van der Waals surface area (Å²) in [6, 6.07) is 1.95. The molecule has 1 aromatic carbocycles. The molecule has 1 unspecified atom stereocenters. The van der Waals surface area contributed by atoms with Crippen molar-refractivity contribution in [2.24, 2.45) is 0 Å². The number of carboxylic acids is 1. The molecule has 0 saturated heterocycles. The van der Waals surface area contributed by atoms with Gasteiger partial charge >= 0.3 is 18.0 Å². The van der Waals surface area contributed by atoms with Crippen LogP contribution in [0.3, 0.4) is 0 Å². The first kappa shape index (κ1) is 20.9. The Kier molecular flexibility index (Phi) is 6.64. The summed E-state index contributed by atoms with van der Waals surface area (Å²) in [4.78, 5) is 45.3. The maximum absolute atomic E-state index is 11.8. The molecule has 1 atom stereocenters. The van der Waals surface area contributed by atoms with Gasteiger partial charge in [0.25, 0.3) is 5.69 Å². The first-order valence-corrected chi connectivity index (χ1v) is 7.52. The number of aliphatic carboxylic acids is 1. The number of methoxy groups -OCH3 is 1. The number of hydrogen-bond acceptors (Lipinski definition) is 7. The predicted molar refractivity (Wildman–Crippen MR) is 88.9 cm³/mol. The van der Waals surface area contributed by atoms with E-state index in [0.29, 0.717) is 0 Å². The van der Waals surface area contributed by atoms with Crippen LogP contribution < -0.4 is 5.32 Å². The lowest BCUT2D eigenvalue weighted by Gasteiger charge is -2.22. The van der Waals surface area contributed by atoms with Crippen molar-refractivity contribution in [2.75, 3.05) is 7.11 Å². The fourth-order valence-electron chi connectivity index (χ4n) is 2.04. The number of nitrogens with zero attached hydrogens (tertiary/aromatic N) is 1. The Labute approximate surface area is 149 Å². The number of alkyl carbamates (subject to hydrolysis) is 1. The lowest BCUT2D eigenvalue weighted by molar-refractivity contribution is -0.385. The van der Waals surface area contributed by atoms with Gasteiger partial charge in [-0.15, -0.1) is 0 Å². The number of rotatable bonds is 6. The number of carbonyl (C=O) groups excluding carboxylic acids is 2. The molecule has 1 amide bonds. The highest BCUT2D eigenvalue weighted by molar-refractivity contribution is 5.90. The number of carbonyl (C=O) groups is 3. The molecule has 0 spiro atoms. The standard InChI is InChI=1S/C16H20N2O8/c1-16(2,3)26-15(22)17-11(13(19)20)8-10-7-9(14(21)25-4)5-6-12(10)18(23)24/h5-7,11H,8H2,1-4H3,(H,17,22)(H,19,20). The van der Waals surface area contributed by atoms with Crippen molar-refractivity contribution in [1.29, 1.82) is 0 Å². The number of nitrogens with one attached hydrogen (secondary N) is 1. The van der Waals surface area contributed by atoms with Gasteiger partial charge in [-0.05, 0) is 32.9 Å². The molecule has 1 aromatic rings. The largest absolute Gasteiger partial charge is 0.480 e. The van der Waals surface area contributed by atoms with Gasteiger partial charge in [-0.3, -0.25) is 10.1 Å². The van der Waals surface area contributed by atoms with Gasteiger partial charge in [0.05, 0.1) is 17.6 Å². The lowest BCUT2D eigenvalue weighted by Crippen LogP contribution is -2.44. The van der Waals surface area contributed by atoms with E-state index in [1.807, 2.05) is 0 Å². The molecule has 0 aliphatic rings. The van der Waals surface area contributed by atoms with E-state index in [-0.39, 0.29) is 16.8 Å². The maximum atomic E-state index is 11.8. The van der Waals surface area contributed by atoms with E-state index in [9.17, 15) is 29.6 Å². The van der Waals surface area contributed by atoms with E-state index < -0.39 is 41.0 Å². The molecule has 10 nitrogen and oxygen atoms in total. The number of hydrogen-bond donors (Lipinski definition) is 2. The second-order valence-corrected chi connectivity index (χ2v) is 6.33. The minimum Gasteiger partial charge on any atom is -0.480 e. The van der Waals surface area contributed by atoms with E-state index in [1.165, 1.54) is 6.07 Å². The van der Waals surface area contributed by atoms with Crippen molar-refractivity contribution in [1.82, 2.24) is 5.32 Å². The fraction of sp³-hybridized carbons (Fsp3) is 0.438. The molecule has 2 N–H and O–H groups in total. The van der Waals surface area contributed by atoms with Crippen molar-refractivity contribution in [3.05, 3.63) is 39.4 Å². The zero-order valence-electron chi connectivity index (χ0n) is 14.8. The minimum absolute atomic E-state index is 0.0227. The lowest BCUT2D eigenvalue weighted by atomic mass is 10.0. The van der Waals surface area contributed by atoms with Gasteiger partial charge in [0.15, 0.2) is 0 Å². The van der Waals surface area contributed by atoms with Crippen molar-refractivity contribution in [3.8, 4) is 0 Å². The van der Waals surface area contributed by atoms with Crippen molar-refractivity contribution < 1.29 is 33.9 Å². The number of amides is 1. The number of esters is 1. The predicted octanol–water partition coefficient (Wildman–Crippen LogP) is 1.90. The number of nitro benzene ring substituents is 1. The Morgan fingerprint density at radius 1 is 1.31 bits per heavy atom. The number of benzene rings is 1. The van der Waals surface area contributed by atoms with Gasteiger partial charge in [-0.2, -0.15) is 0 Å². The Hall–Kier alpha value is -3.17. The van der Waals surface area contributed by atoms with Crippen LogP contribution in [-0.4, -0.2) is 46.8 Å². The first-order valence-electron chi connectivity index (χ1n) is 7.52. The van der Waals surface area contributed by atoms with Crippen LogP contribution in [0.2, 0.25) is 0 Å². The summed E-state index contributed by atoms with van der Waals surface area (Å²) in [6.45, 7) is 4.81. The second-order valence-electron chi connectivity index (χ2n) is 6.33. The van der Waals surface area contributed by atoms with E-state index >= 15 is 0 Å². The zero-order valence-corrected chi connectivity index (χ0v) is 14.8. The molecule has 0 fully saturated rings. The quantitative estimate of drug-likeness (QED) is 0.440. The molecule has 0 aliphatic carbocycles.